The molecule has 1 aromatic heterocycles. The number of carbonyl (C=O) groups is 1. The smallest absolute Gasteiger partial charge is 0.243 e. The van der Waals surface area contributed by atoms with Gasteiger partial charge in [-0.1, -0.05) is 29.8 Å². The van der Waals surface area contributed by atoms with Crippen LogP contribution in [0.4, 0.5) is 0 Å². The Bertz CT molecular complexity index is 771. The van der Waals surface area contributed by atoms with E-state index >= 15 is 0 Å². The lowest BCUT2D eigenvalue weighted by Crippen LogP contribution is -2.49. The number of benzene rings is 1. The second kappa shape index (κ2) is 6.89. The van der Waals surface area contributed by atoms with Crippen LogP contribution in [0.1, 0.15) is 38.7 Å². The first-order valence-corrected chi connectivity index (χ1v) is 8.91. The SMILES string of the molecule is Cc1ccc(-c2n[nH]c(=S)n2CC(=O)N(C(C)C)C2CCC2)cc1. The van der Waals surface area contributed by atoms with Crippen LogP contribution in [0, 0.1) is 11.7 Å². The predicted molar refractivity (Wildman–Crippen MR) is 97.2 cm³/mol. The second-order valence-electron chi connectivity index (χ2n) is 6.78. The minimum atomic E-state index is 0.112. The summed E-state index contributed by atoms with van der Waals surface area (Å²) in [7, 11) is 0. The number of rotatable bonds is 5. The summed E-state index contributed by atoms with van der Waals surface area (Å²) in [6.45, 7) is 6.42. The summed E-state index contributed by atoms with van der Waals surface area (Å²) in [6.07, 6.45) is 3.41. The average molecular weight is 344 g/mol. The zero-order valence-corrected chi connectivity index (χ0v) is 15.3. The summed E-state index contributed by atoms with van der Waals surface area (Å²) >= 11 is 5.35. The number of aromatic nitrogens is 3. The molecule has 24 heavy (non-hydrogen) atoms. The quantitative estimate of drug-likeness (QED) is 0.841. The summed E-state index contributed by atoms with van der Waals surface area (Å²) < 4.78 is 2.28. The van der Waals surface area contributed by atoms with Crippen molar-refractivity contribution in [1.29, 1.82) is 0 Å². The third kappa shape index (κ3) is 3.29. The van der Waals surface area contributed by atoms with Crippen LogP contribution in [0.5, 0.6) is 0 Å². The van der Waals surface area contributed by atoms with Crippen molar-refractivity contribution in [2.24, 2.45) is 0 Å². The van der Waals surface area contributed by atoms with Crippen LogP contribution in [-0.2, 0) is 11.3 Å². The van der Waals surface area contributed by atoms with Gasteiger partial charge in [0.25, 0.3) is 0 Å². The van der Waals surface area contributed by atoms with Crippen molar-refractivity contribution in [2.45, 2.75) is 58.7 Å². The van der Waals surface area contributed by atoms with Crippen molar-refractivity contribution in [3.05, 3.63) is 34.6 Å². The fraction of sp³-hybridized carbons (Fsp3) is 0.500. The Morgan fingerprint density at radius 1 is 1.38 bits per heavy atom. The van der Waals surface area contributed by atoms with Gasteiger partial charge in [-0.15, -0.1) is 0 Å². The molecular formula is C18H24N4OS. The summed E-state index contributed by atoms with van der Waals surface area (Å²) in [4.78, 5) is 14.9. The molecule has 2 aromatic rings. The van der Waals surface area contributed by atoms with Crippen molar-refractivity contribution in [3.63, 3.8) is 0 Å². The molecule has 1 saturated carbocycles. The van der Waals surface area contributed by atoms with E-state index in [4.69, 9.17) is 12.2 Å². The van der Waals surface area contributed by atoms with Crippen molar-refractivity contribution in [3.8, 4) is 11.4 Å². The highest BCUT2D eigenvalue weighted by molar-refractivity contribution is 7.71. The van der Waals surface area contributed by atoms with Crippen LogP contribution in [0.3, 0.4) is 0 Å². The van der Waals surface area contributed by atoms with Crippen molar-refractivity contribution in [2.75, 3.05) is 0 Å². The van der Waals surface area contributed by atoms with Gasteiger partial charge in [0.15, 0.2) is 10.6 Å². The molecule has 1 aromatic carbocycles. The largest absolute Gasteiger partial charge is 0.336 e. The number of nitrogens with one attached hydrogen (secondary N) is 1. The topological polar surface area (TPSA) is 53.9 Å². The summed E-state index contributed by atoms with van der Waals surface area (Å²) in [5.74, 6) is 0.825. The molecule has 1 fully saturated rings. The van der Waals surface area contributed by atoms with Crippen LogP contribution in [0.15, 0.2) is 24.3 Å². The second-order valence-corrected chi connectivity index (χ2v) is 7.17. The van der Waals surface area contributed by atoms with Crippen LogP contribution in [-0.4, -0.2) is 37.7 Å². The van der Waals surface area contributed by atoms with Gasteiger partial charge < -0.3 is 4.90 Å². The fourth-order valence-electron chi connectivity index (χ4n) is 3.18. The lowest BCUT2D eigenvalue weighted by atomic mass is 9.90. The maximum atomic E-state index is 12.9. The highest BCUT2D eigenvalue weighted by atomic mass is 32.1. The lowest BCUT2D eigenvalue weighted by molar-refractivity contribution is -0.138. The first kappa shape index (κ1) is 16.9. The van der Waals surface area contributed by atoms with E-state index in [1.165, 1.54) is 12.0 Å². The molecule has 1 aliphatic carbocycles. The van der Waals surface area contributed by atoms with E-state index in [0.29, 0.717) is 16.6 Å². The number of carbonyl (C=O) groups excluding carboxylic acids is 1. The number of aryl methyl sites for hydroxylation is 1. The Kier molecular flexibility index (Phi) is 4.85. The molecule has 0 bridgehead atoms. The molecule has 0 unspecified atom stereocenters. The number of hydrogen-bond donors (Lipinski definition) is 1. The van der Waals surface area contributed by atoms with Gasteiger partial charge in [-0.3, -0.25) is 14.5 Å². The molecule has 0 saturated heterocycles. The van der Waals surface area contributed by atoms with E-state index in [1.807, 2.05) is 36.1 Å². The monoisotopic (exact) mass is 344 g/mol. The third-order valence-corrected chi connectivity index (χ3v) is 4.99. The number of H-pyrrole nitrogens is 1. The molecule has 5 nitrogen and oxygen atoms in total. The molecule has 0 aliphatic heterocycles. The van der Waals surface area contributed by atoms with E-state index in [0.717, 1.165) is 18.4 Å². The molecule has 128 valence electrons. The molecule has 0 radical (unpaired) electrons. The van der Waals surface area contributed by atoms with Crippen molar-refractivity contribution < 1.29 is 4.79 Å². The lowest BCUT2D eigenvalue weighted by Gasteiger charge is -2.40. The predicted octanol–water partition coefficient (Wildman–Crippen LogP) is 3.71. The summed E-state index contributed by atoms with van der Waals surface area (Å²) in [5.41, 5.74) is 2.15. The molecule has 0 spiro atoms. The zero-order valence-electron chi connectivity index (χ0n) is 14.5. The number of hydrogen-bond acceptors (Lipinski definition) is 3. The maximum absolute atomic E-state index is 12.9. The number of amides is 1. The Morgan fingerprint density at radius 2 is 2.04 bits per heavy atom. The van der Waals surface area contributed by atoms with Crippen LogP contribution in [0.25, 0.3) is 11.4 Å². The van der Waals surface area contributed by atoms with E-state index in [9.17, 15) is 4.79 Å². The Labute approximate surface area is 147 Å². The molecular weight excluding hydrogens is 320 g/mol. The van der Waals surface area contributed by atoms with E-state index in [-0.39, 0.29) is 18.5 Å². The van der Waals surface area contributed by atoms with Gasteiger partial charge in [0.1, 0.15) is 6.54 Å². The summed E-state index contributed by atoms with van der Waals surface area (Å²) in [5, 5.41) is 7.15. The van der Waals surface area contributed by atoms with Crippen LogP contribution >= 0.6 is 12.2 Å². The molecule has 3 rings (SSSR count). The molecule has 1 amide bonds. The van der Waals surface area contributed by atoms with Gasteiger partial charge in [0.05, 0.1) is 0 Å². The first-order valence-electron chi connectivity index (χ1n) is 8.51. The Hall–Kier alpha value is -1.95. The Morgan fingerprint density at radius 3 is 2.58 bits per heavy atom. The first-order chi connectivity index (χ1) is 11.5. The van der Waals surface area contributed by atoms with Crippen molar-refractivity contribution in [1.82, 2.24) is 19.7 Å². The number of aromatic amines is 1. The summed E-state index contributed by atoms with van der Waals surface area (Å²) in [6, 6.07) is 8.66. The maximum Gasteiger partial charge on any atom is 0.243 e. The van der Waals surface area contributed by atoms with Crippen LogP contribution < -0.4 is 0 Å². The Balaban J connectivity index is 1.87. The highest BCUT2D eigenvalue weighted by Crippen LogP contribution is 2.27. The van der Waals surface area contributed by atoms with E-state index in [1.54, 1.807) is 4.57 Å². The van der Waals surface area contributed by atoms with Crippen LogP contribution in [0.2, 0.25) is 0 Å². The van der Waals surface area contributed by atoms with Gasteiger partial charge in [0.2, 0.25) is 5.91 Å². The minimum absolute atomic E-state index is 0.112. The third-order valence-electron chi connectivity index (χ3n) is 4.67. The number of nitrogens with zero attached hydrogens (tertiary/aromatic N) is 3. The van der Waals surface area contributed by atoms with Gasteiger partial charge in [-0.05, 0) is 52.3 Å². The average Bonchev–Trinajstić information content (AvgIpc) is 2.84. The fourth-order valence-corrected chi connectivity index (χ4v) is 3.38. The minimum Gasteiger partial charge on any atom is -0.336 e. The molecule has 1 aliphatic rings. The highest BCUT2D eigenvalue weighted by Gasteiger charge is 2.31. The van der Waals surface area contributed by atoms with Crippen molar-refractivity contribution >= 4 is 18.1 Å². The van der Waals surface area contributed by atoms with Gasteiger partial charge in [-0.2, -0.15) is 5.10 Å². The molecule has 1 heterocycles. The van der Waals surface area contributed by atoms with E-state index in [2.05, 4.69) is 24.0 Å². The molecule has 1 N–H and O–H groups in total. The van der Waals surface area contributed by atoms with E-state index < -0.39 is 0 Å². The van der Waals surface area contributed by atoms with Gasteiger partial charge in [-0.25, -0.2) is 0 Å². The molecule has 6 heteroatoms. The normalized spacial score (nSPS) is 14.7. The van der Waals surface area contributed by atoms with Gasteiger partial charge in [0, 0.05) is 17.6 Å². The molecule has 0 atom stereocenters. The zero-order chi connectivity index (χ0) is 17.3. The van der Waals surface area contributed by atoms with Gasteiger partial charge >= 0.3 is 0 Å². The standard InChI is InChI=1S/C18H24N4OS/c1-12(2)22(15-5-4-6-15)16(23)11-21-17(19-20-18(21)24)14-9-7-13(3)8-10-14/h7-10,12,15H,4-6,11H2,1-3H3,(H,20,24).